The molecule has 8 heteroatoms. The number of allylic oxidation sites excluding steroid dienone is 1. The summed E-state index contributed by atoms with van der Waals surface area (Å²) >= 11 is 0. The number of aromatic nitrogens is 2. The smallest absolute Gasteiger partial charge is 0.337 e. The molecule has 3 aromatic rings. The maximum Gasteiger partial charge on any atom is 0.337 e. The predicted molar refractivity (Wildman–Crippen MR) is 115 cm³/mol. The second-order valence-corrected chi connectivity index (χ2v) is 7.42. The summed E-state index contributed by atoms with van der Waals surface area (Å²) in [4.78, 5) is 16.3. The summed E-state index contributed by atoms with van der Waals surface area (Å²) in [5, 5.41) is 13.6. The molecule has 0 saturated carbocycles. The summed E-state index contributed by atoms with van der Waals surface area (Å²) in [5.41, 5.74) is 3.55. The van der Waals surface area contributed by atoms with Gasteiger partial charge in [-0.3, -0.25) is 0 Å². The molecule has 2 aromatic carbocycles. The van der Waals surface area contributed by atoms with E-state index in [0.717, 1.165) is 16.7 Å². The van der Waals surface area contributed by atoms with Crippen LogP contribution in [0.4, 0.5) is 0 Å². The largest absolute Gasteiger partial charge is 0.490 e. The van der Waals surface area contributed by atoms with E-state index in [1.807, 2.05) is 38.1 Å². The van der Waals surface area contributed by atoms with Gasteiger partial charge in [0.25, 0.3) is 5.89 Å². The Morgan fingerprint density at radius 2 is 2.06 bits per heavy atom. The molecule has 0 amide bonds. The summed E-state index contributed by atoms with van der Waals surface area (Å²) in [7, 11) is 1.44. The van der Waals surface area contributed by atoms with Gasteiger partial charge in [-0.2, -0.15) is 10.2 Å². The van der Waals surface area contributed by atoms with Crippen molar-refractivity contribution in [3.05, 3.63) is 59.2 Å². The van der Waals surface area contributed by atoms with Crippen molar-refractivity contribution in [2.24, 2.45) is 0 Å². The highest BCUT2D eigenvalue weighted by molar-refractivity contribution is 5.84. The van der Waals surface area contributed by atoms with E-state index >= 15 is 0 Å². The summed E-state index contributed by atoms with van der Waals surface area (Å²) in [6.45, 7) is 3.68. The number of hydrogen-bond acceptors (Lipinski definition) is 8. The number of esters is 1. The van der Waals surface area contributed by atoms with Crippen LogP contribution in [0.15, 0.2) is 47.0 Å². The molecule has 0 fully saturated rings. The SMILES string of the molecule is COCC(=O)OC1=CCc2c1cccc2-c1noc(-c2ccc(OC(C)C)c(C#N)c2)n1. The van der Waals surface area contributed by atoms with Crippen LogP contribution in [0.3, 0.4) is 0 Å². The van der Waals surface area contributed by atoms with E-state index < -0.39 is 5.97 Å². The van der Waals surface area contributed by atoms with E-state index in [9.17, 15) is 10.1 Å². The van der Waals surface area contributed by atoms with Gasteiger partial charge in [-0.1, -0.05) is 23.4 Å². The average Bonchev–Trinajstić information content (AvgIpc) is 3.41. The zero-order valence-corrected chi connectivity index (χ0v) is 17.9. The normalized spacial score (nSPS) is 12.3. The fraction of sp³-hybridized carbons (Fsp3) is 0.250. The second-order valence-electron chi connectivity index (χ2n) is 7.42. The first-order valence-electron chi connectivity index (χ1n) is 10.1. The lowest BCUT2D eigenvalue weighted by molar-refractivity contribution is -0.140. The Kier molecular flexibility index (Phi) is 6.01. The number of nitrogens with zero attached hydrogens (tertiary/aromatic N) is 3. The molecule has 0 unspecified atom stereocenters. The van der Waals surface area contributed by atoms with Crippen molar-refractivity contribution in [3.8, 4) is 34.7 Å². The van der Waals surface area contributed by atoms with E-state index in [0.29, 0.717) is 40.8 Å². The number of carbonyl (C=O) groups is 1. The number of fused-ring (bicyclic) bond motifs is 1. The van der Waals surface area contributed by atoms with Gasteiger partial charge < -0.3 is 18.7 Å². The van der Waals surface area contributed by atoms with Crippen molar-refractivity contribution in [3.63, 3.8) is 0 Å². The molecule has 0 atom stereocenters. The van der Waals surface area contributed by atoms with Crippen molar-refractivity contribution in [2.75, 3.05) is 13.7 Å². The Hall–Kier alpha value is -3.96. The van der Waals surface area contributed by atoms with Crippen LogP contribution in [0, 0.1) is 11.3 Å². The van der Waals surface area contributed by atoms with Crippen LogP contribution < -0.4 is 4.74 Å². The number of carbonyl (C=O) groups excluding carboxylic acids is 1. The molecular weight excluding hydrogens is 410 g/mol. The first kappa shape index (κ1) is 21.3. The van der Waals surface area contributed by atoms with Gasteiger partial charge in [-0.15, -0.1) is 0 Å². The molecule has 0 saturated heterocycles. The maximum atomic E-state index is 11.8. The van der Waals surface area contributed by atoms with Gasteiger partial charge in [0.05, 0.1) is 11.7 Å². The summed E-state index contributed by atoms with van der Waals surface area (Å²) in [5.74, 6) is 1.25. The number of benzene rings is 2. The minimum Gasteiger partial charge on any atom is -0.490 e. The molecule has 0 bridgehead atoms. The molecule has 162 valence electrons. The molecule has 1 aromatic heterocycles. The summed E-state index contributed by atoms with van der Waals surface area (Å²) in [6, 6.07) is 12.9. The monoisotopic (exact) mass is 431 g/mol. The van der Waals surface area contributed by atoms with Gasteiger partial charge in [-0.05, 0) is 50.1 Å². The Labute approximate surface area is 185 Å². The van der Waals surface area contributed by atoms with Crippen LogP contribution in [-0.4, -0.2) is 35.9 Å². The van der Waals surface area contributed by atoms with E-state index in [4.69, 9.17) is 18.7 Å². The first-order valence-corrected chi connectivity index (χ1v) is 10.1. The van der Waals surface area contributed by atoms with Crippen molar-refractivity contribution in [2.45, 2.75) is 26.4 Å². The molecule has 32 heavy (non-hydrogen) atoms. The molecule has 1 aliphatic carbocycles. The Bertz CT molecular complexity index is 1240. The number of rotatable bonds is 7. The Morgan fingerprint density at radius 3 is 2.81 bits per heavy atom. The van der Waals surface area contributed by atoms with Crippen molar-refractivity contribution >= 4 is 11.7 Å². The fourth-order valence-corrected chi connectivity index (χ4v) is 3.48. The third-order valence-electron chi connectivity index (χ3n) is 4.80. The minimum atomic E-state index is -0.461. The number of hydrogen-bond donors (Lipinski definition) is 0. The van der Waals surface area contributed by atoms with Gasteiger partial charge in [0.15, 0.2) is 0 Å². The van der Waals surface area contributed by atoms with Crippen LogP contribution in [-0.2, 0) is 20.7 Å². The highest BCUT2D eigenvalue weighted by Gasteiger charge is 2.23. The van der Waals surface area contributed by atoms with Gasteiger partial charge in [0.2, 0.25) is 5.82 Å². The number of methoxy groups -OCH3 is 1. The molecule has 0 aliphatic heterocycles. The van der Waals surface area contributed by atoms with Gasteiger partial charge >= 0.3 is 5.97 Å². The minimum absolute atomic E-state index is 0.0459. The third kappa shape index (κ3) is 4.24. The molecule has 4 rings (SSSR count). The van der Waals surface area contributed by atoms with Gasteiger partial charge in [0.1, 0.15) is 24.2 Å². The molecular formula is C24H21N3O5. The van der Waals surface area contributed by atoms with Crippen LogP contribution in [0.2, 0.25) is 0 Å². The van der Waals surface area contributed by atoms with E-state index in [2.05, 4.69) is 16.2 Å². The third-order valence-corrected chi connectivity index (χ3v) is 4.80. The molecule has 8 nitrogen and oxygen atoms in total. The Morgan fingerprint density at radius 1 is 1.25 bits per heavy atom. The Balaban J connectivity index is 1.61. The van der Waals surface area contributed by atoms with Crippen molar-refractivity contribution < 1.29 is 23.5 Å². The van der Waals surface area contributed by atoms with Crippen LogP contribution in [0.5, 0.6) is 5.75 Å². The van der Waals surface area contributed by atoms with Gasteiger partial charge in [-0.25, -0.2) is 4.79 Å². The zero-order chi connectivity index (χ0) is 22.7. The topological polar surface area (TPSA) is 107 Å². The summed E-state index contributed by atoms with van der Waals surface area (Å²) < 4.78 is 21.4. The molecule has 0 spiro atoms. The predicted octanol–water partition coefficient (Wildman–Crippen LogP) is 4.15. The number of ether oxygens (including phenoxy) is 3. The van der Waals surface area contributed by atoms with Gasteiger partial charge in [0, 0.05) is 23.8 Å². The molecule has 1 aliphatic rings. The van der Waals surface area contributed by atoms with E-state index in [-0.39, 0.29) is 12.7 Å². The maximum absolute atomic E-state index is 11.8. The van der Waals surface area contributed by atoms with Crippen LogP contribution in [0.1, 0.15) is 30.5 Å². The lowest BCUT2D eigenvalue weighted by Crippen LogP contribution is -2.10. The molecule has 0 radical (unpaired) electrons. The lowest BCUT2D eigenvalue weighted by atomic mass is 10.0. The van der Waals surface area contributed by atoms with Crippen LogP contribution >= 0.6 is 0 Å². The van der Waals surface area contributed by atoms with Crippen molar-refractivity contribution in [1.29, 1.82) is 5.26 Å². The standard InChI is InChI=1S/C24H21N3O5/c1-14(2)30-20-9-7-15(11-16(20)12-25)24-26-23(27-32-24)19-6-4-5-18-17(19)8-10-21(18)31-22(28)13-29-3/h4-7,9-11,14H,8,13H2,1-3H3. The summed E-state index contributed by atoms with van der Waals surface area (Å²) in [6.07, 6.45) is 2.37. The van der Waals surface area contributed by atoms with E-state index in [1.165, 1.54) is 7.11 Å². The first-order chi connectivity index (χ1) is 15.5. The zero-order valence-electron chi connectivity index (χ0n) is 17.9. The van der Waals surface area contributed by atoms with Crippen LogP contribution in [0.25, 0.3) is 28.6 Å². The quantitative estimate of drug-likeness (QED) is 0.514. The average molecular weight is 431 g/mol. The van der Waals surface area contributed by atoms with Crippen molar-refractivity contribution in [1.82, 2.24) is 10.1 Å². The highest BCUT2D eigenvalue weighted by Crippen LogP contribution is 2.36. The van der Waals surface area contributed by atoms with E-state index in [1.54, 1.807) is 18.2 Å². The molecule has 0 N–H and O–H groups in total. The lowest BCUT2D eigenvalue weighted by Gasteiger charge is -2.11. The fourth-order valence-electron chi connectivity index (χ4n) is 3.48. The number of nitriles is 1. The highest BCUT2D eigenvalue weighted by atomic mass is 16.6. The molecule has 1 heterocycles. The second kappa shape index (κ2) is 9.04.